The second kappa shape index (κ2) is 6.69. The van der Waals surface area contributed by atoms with E-state index in [9.17, 15) is 0 Å². The van der Waals surface area contributed by atoms with Gasteiger partial charge in [0.25, 0.3) is 0 Å². The largest absolute Gasteiger partial charge is 0.310 e. The van der Waals surface area contributed by atoms with Gasteiger partial charge < -0.3 is 5.32 Å². The maximum atomic E-state index is 9.15. The highest BCUT2D eigenvalue weighted by Gasteiger charge is 2.11. The lowest BCUT2D eigenvalue weighted by Gasteiger charge is -2.14. The highest BCUT2D eigenvalue weighted by molar-refractivity contribution is 5.45. The van der Waals surface area contributed by atoms with Crippen molar-refractivity contribution in [2.75, 3.05) is 6.54 Å². The van der Waals surface area contributed by atoms with Gasteiger partial charge in [0, 0.05) is 11.7 Å². The molecular weight excluding hydrogens is 262 g/mol. The van der Waals surface area contributed by atoms with Gasteiger partial charge in [-0.2, -0.15) is 10.5 Å². The summed E-state index contributed by atoms with van der Waals surface area (Å²) in [6, 6.07) is 12.1. The lowest BCUT2D eigenvalue weighted by atomic mass is 10.1. The van der Waals surface area contributed by atoms with E-state index in [0.29, 0.717) is 0 Å². The van der Waals surface area contributed by atoms with Crippen LogP contribution in [-0.2, 0) is 0 Å². The van der Waals surface area contributed by atoms with Crippen LogP contribution in [0, 0.1) is 22.7 Å². The Hall–Kier alpha value is -2.63. The molecule has 0 amide bonds. The van der Waals surface area contributed by atoms with Gasteiger partial charge in [-0.3, -0.25) is 4.57 Å². The number of aromatic nitrogens is 2. The fourth-order valence-electron chi connectivity index (χ4n) is 2.14. The topological polar surface area (TPSA) is 77.4 Å². The summed E-state index contributed by atoms with van der Waals surface area (Å²) >= 11 is 0. The van der Waals surface area contributed by atoms with E-state index in [1.54, 1.807) is 4.57 Å². The van der Waals surface area contributed by atoms with Crippen LogP contribution in [0.2, 0.25) is 0 Å². The molecule has 0 saturated heterocycles. The number of nitrogens with zero attached hydrogens (tertiary/aromatic N) is 4. The molecule has 1 heterocycles. The third-order valence-corrected chi connectivity index (χ3v) is 3.35. The number of hydrogen-bond donors (Lipinski definition) is 1. The number of imidazole rings is 1. The van der Waals surface area contributed by atoms with Crippen LogP contribution in [-0.4, -0.2) is 16.1 Å². The Labute approximate surface area is 124 Å². The number of nitriles is 2. The van der Waals surface area contributed by atoms with Gasteiger partial charge in [-0.05, 0) is 37.6 Å². The predicted octanol–water partition coefficient (Wildman–Crippen LogP) is 2.68. The zero-order chi connectivity index (χ0) is 15.2. The van der Waals surface area contributed by atoms with Gasteiger partial charge in [-0.1, -0.05) is 19.1 Å². The van der Waals surface area contributed by atoms with Crippen molar-refractivity contribution in [3.8, 4) is 17.8 Å². The van der Waals surface area contributed by atoms with Crippen molar-refractivity contribution in [2.45, 2.75) is 26.3 Å². The van der Waals surface area contributed by atoms with E-state index < -0.39 is 0 Å². The molecular formula is C16H17N5. The SMILES string of the molecule is CCCNC(C)c1ccc(-n2cnc(C#N)c2C#N)cc1. The van der Waals surface area contributed by atoms with E-state index in [1.807, 2.05) is 36.4 Å². The Morgan fingerprint density at radius 2 is 1.95 bits per heavy atom. The second-order valence-corrected chi connectivity index (χ2v) is 4.80. The van der Waals surface area contributed by atoms with Crippen molar-refractivity contribution >= 4 is 0 Å². The van der Waals surface area contributed by atoms with E-state index in [2.05, 4.69) is 24.1 Å². The van der Waals surface area contributed by atoms with Crippen molar-refractivity contribution in [1.29, 1.82) is 10.5 Å². The minimum absolute atomic E-state index is 0.152. The first-order valence-corrected chi connectivity index (χ1v) is 6.92. The summed E-state index contributed by atoms with van der Waals surface area (Å²) in [4.78, 5) is 3.95. The molecule has 21 heavy (non-hydrogen) atoms. The number of hydrogen-bond acceptors (Lipinski definition) is 4. The van der Waals surface area contributed by atoms with E-state index in [1.165, 1.54) is 11.9 Å². The number of rotatable bonds is 5. The van der Waals surface area contributed by atoms with Crippen LogP contribution in [0.15, 0.2) is 30.6 Å². The van der Waals surface area contributed by atoms with Crippen molar-refractivity contribution in [2.24, 2.45) is 0 Å². The van der Waals surface area contributed by atoms with E-state index in [0.717, 1.165) is 18.7 Å². The maximum Gasteiger partial charge on any atom is 0.177 e. The fraction of sp³-hybridized carbons (Fsp3) is 0.312. The average molecular weight is 279 g/mol. The minimum atomic E-state index is 0.152. The number of benzene rings is 1. The van der Waals surface area contributed by atoms with E-state index in [4.69, 9.17) is 10.5 Å². The molecule has 5 heteroatoms. The van der Waals surface area contributed by atoms with Gasteiger partial charge in [-0.25, -0.2) is 4.98 Å². The molecule has 1 atom stereocenters. The molecule has 0 fully saturated rings. The third kappa shape index (κ3) is 3.10. The molecule has 2 rings (SSSR count). The van der Waals surface area contributed by atoms with E-state index >= 15 is 0 Å². The molecule has 0 bridgehead atoms. The predicted molar refractivity (Wildman–Crippen MR) is 79.7 cm³/mol. The molecule has 0 radical (unpaired) electrons. The van der Waals surface area contributed by atoms with Crippen LogP contribution < -0.4 is 5.32 Å². The molecule has 0 aliphatic heterocycles. The van der Waals surface area contributed by atoms with Gasteiger partial charge in [0.2, 0.25) is 0 Å². The summed E-state index contributed by atoms with van der Waals surface area (Å²) in [7, 11) is 0. The first-order valence-electron chi connectivity index (χ1n) is 6.92. The molecule has 2 aromatic rings. The highest BCUT2D eigenvalue weighted by Crippen LogP contribution is 2.18. The summed E-state index contributed by atoms with van der Waals surface area (Å²) in [6.45, 7) is 5.24. The molecule has 1 aromatic carbocycles. The molecule has 1 aromatic heterocycles. The van der Waals surface area contributed by atoms with Crippen LogP contribution in [0.1, 0.15) is 43.3 Å². The van der Waals surface area contributed by atoms with Crippen LogP contribution >= 0.6 is 0 Å². The summed E-state index contributed by atoms with van der Waals surface area (Å²) < 4.78 is 1.63. The molecule has 0 aliphatic carbocycles. The lowest BCUT2D eigenvalue weighted by molar-refractivity contribution is 0.570. The lowest BCUT2D eigenvalue weighted by Crippen LogP contribution is -2.19. The summed E-state index contributed by atoms with van der Waals surface area (Å²) in [6.07, 6.45) is 2.60. The molecule has 1 unspecified atom stereocenters. The third-order valence-electron chi connectivity index (χ3n) is 3.35. The van der Waals surface area contributed by atoms with Crippen molar-refractivity contribution in [3.63, 3.8) is 0 Å². The fourth-order valence-corrected chi connectivity index (χ4v) is 2.14. The molecule has 106 valence electrons. The first-order chi connectivity index (χ1) is 10.2. The highest BCUT2D eigenvalue weighted by atomic mass is 15.1. The van der Waals surface area contributed by atoms with Gasteiger partial charge in [0.1, 0.15) is 18.5 Å². The quantitative estimate of drug-likeness (QED) is 0.912. The van der Waals surface area contributed by atoms with E-state index in [-0.39, 0.29) is 17.4 Å². The average Bonchev–Trinajstić information content (AvgIpc) is 2.95. The summed E-state index contributed by atoms with van der Waals surface area (Å²) in [5.41, 5.74) is 2.43. The maximum absolute atomic E-state index is 9.15. The normalized spacial score (nSPS) is 11.6. The molecule has 0 saturated carbocycles. The van der Waals surface area contributed by atoms with Gasteiger partial charge in [0.15, 0.2) is 11.4 Å². The Morgan fingerprint density at radius 3 is 2.52 bits per heavy atom. The summed E-state index contributed by atoms with van der Waals surface area (Å²) in [5.74, 6) is 0. The second-order valence-electron chi connectivity index (χ2n) is 4.80. The van der Waals surface area contributed by atoms with Crippen LogP contribution in [0.4, 0.5) is 0 Å². The van der Waals surface area contributed by atoms with Gasteiger partial charge in [0.05, 0.1) is 0 Å². The smallest absolute Gasteiger partial charge is 0.177 e. The Morgan fingerprint density at radius 1 is 1.24 bits per heavy atom. The first kappa shape index (κ1) is 14.8. The zero-order valence-electron chi connectivity index (χ0n) is 12.2. The molecule has 0 spiro atoms. The Bertz CT molecular complexity index is 685. The molecule has 0 aliphatic rings. The van der Waals surface area contributed by atoms with Gasteiger partial charge in [-0.15, -0.1) is 0 Å². The zero-order valence-corrected chi connectivity index (χ0v) is 12.2. The monoisotopic (exact) mass is 279 g/mol. The Kier molecular flexibility index (Phi) is 4.71. The minimum Gasteiger partial charge on any atom is -0.310 e. The van der Waals surface area contributed by atoms with Crippen molar-refractivity contribution in [1.82, 2.24) is 14.9 Å². The Balaban J connectivity index is 2.26. The van der Waals surface area contributed by atoms with Crippen LogP contribution in [0.25, 0.3) is 5.69 Å². The summed E-state index contributed by atoms with van der Waals surface area (Å²) in [5, 5.41) is 21.5. The molecule has 5 nitrogen and oxygen atoms in total. The van der Waals surface area contributed by atoms with Gasteiger partial charge >= 0.3 is 0 Å². The standard InChI is InChI=1S/C16H17N5/c1-3-8-19-12(2)13-4-6-14(7-5-13)21-11-20-15(9-17)16(21)10-18/h4-7,11-12,19H,3,8H2,1-2H3. The van der Waals surface area contributed by atoms with Crippen molar-refractivity contribution < 1.29 is 0 Å². The van der Waals surface area contributed by atoms with Crippen LogP contribution in [0.5, 0.6) is 0 Å². The van der Waals surface area contributed by atoms with Crippen molar-refractivity contribution in [3.05, 3.63) is 47.5 Å². The number of nitrogens with one attached hydrogen (secondary N) is 1. The molecule has 1 N–H and O–H groups in total. The van der Waals surface area contributed by atoms with Crippen LogP contribution in [0.3, 0.4) is 0 Å².